The predicted molar refractivity (Wildman–Crippen MR) is 54.3 cm³/mol. The second-order valence-corrected chi connectivity index (χ2v) is 3.12. The molecule has 0 bridgehead atoms. The van der Waals surface area contributed by atoms with Crippen molar-refractivity contribution in [3.05, 3.63) is 28.8 Å². The van der Waals surface area contributed by atoms with Gasteiger partial charge >= 0.3 is 0 Å². The largest absolute Gasteiger partial charge is 0.496 e. The molecule has 0 aliphatic heterocycles. The molecule has 0 saturated carbocycles. The van der Waals surface area contributed by atoms with Crippen molar-refractivity contribution in [3.8, 4) is 5.75 Å². The summed E-state index contributed by atoms with van der Waals surface area (Å²) in [5.74, 6) is 0.809. The van der Waals surface area contributed by atoms with Crippen LogP contribution in [0.15, 0.2) is 17.1 Å². The van der Waals surface area contributed by atoms with Crippen LogP contribution >= 0.6 is 0 Å². The van der Waals surface area contributed by atoms with Crippen molar-refractivity contribution >= 4 is 6.08 Å². The molecule has 0 aliphatic carbocycles. The summed E-state index contributed by atoms with van der Waals surface area (Å²) in [6, 6.07) is 3.98. The number of rotatable bonds is 3. The molecule has 0 heterocycles. The molecule has 0 spiro atoms. The number of hydrogen-bond donors (Lipinski definition) is 0. The Bertz CT molecular complexity index is 379. The molecule has 0 atom stereocenters. The number of methoxy groups -OCH3 is 1. The van der Waals surface area contributed by atoms with Crippen LogP contribution in [0.5, 0.6) is 5.75 Å². The zero-order valence-electron chi connectivity index (χ0n) is 8.63. The van der Waals surface area contributed by atoms with Gasteiger partial charge in [0.2, 0.25) is 6.08 Å². The number of benzene rings is 1. The molecule has 74 valence electrons. The van der Waals surface area contributed by atoms with E-state index in [1.165, 1.54) is 6.08 Å². The first kappa shape index (κ1) is 10.5. The molecule has 0 N–H and O–H groups in total. The first-order chi connectivity index (χ1) is 6.70. The third-order valence-corrected chi connectivity index (χ3v) is 2.20. The van der Waals surface area contributed by atoms with E-state index in [4.69, 9.17) is 4.74 Å². The van der Waals surface area contributed by atoms with Gasteiger partial charge in [-0.25, -0.2) is 9.79 Å². The summed E-state index contributed by atoms with van der Waals surface area (Å²) in [7, 11) is 1.62. The fraction of sp³-hybridized carbons (Fsp3) is 0.364. The Morgan fingerprint density at radius 3 is 2.57 bits per heavy atom. The summed E-state index contributed by atoms with van der Waals surface area (Å²) in [4.78, 5) is 13.6. The molecular weight excluding hydrogens is 178 g/mol. The SMILES string of the molecule is COc1c(C)ccc(C)c1CN=C=O. The van der Waals surface area contributed by atoms with Crippen LogP contribution in [0.25, 0.3) is 0 Å². The van der Waals surface area contributed by atoms with Gasteiger partial charge in [-0.3, -0.25) is 0 Å². The summed E-state index contributed by atoms with van der Waals surface area (Å²) in [5.41, 5.74) is 3.08. The van der Waals surface area contributed by atoms with Crippen molar-refractivity contribution in [1.82, 2.24) is 0 Å². The van der Waals surface area contributed by atoms with E-state index in [2.05, 4.69) is 4.99 Å². The third-order valence-electron chi connectivity index (χ3n) is 2.20. The average Bonchev–Trinajstić information content (AvgIpc) is 2.19. The normalized spacial score (nSPS) is 9.36. The molecule has 14 heavy (non-hydrogen) atoms. The van der Waals surface area contributed by atoms with Gasteiger partial charge in [0.25, 0.3) is 0 Å². The monoisotopic (exact) mass is 191 g/mol. The lowest BCUT2D eigenvalue weighted by molar-refractivity contribution is 0.406. The number of ether oxygens (including phenoxy) is 1. The van der Waals surface area contributed by atoms with E-state index in [1.807, 2.05) is 26.0 Å². The lowest BCUT2D eigenvalue weighted by atomic mass is 10.0. The van der Waals surface area contributed by atoms with Crippen molar-refractivity contribution in [3.63, 3.8) is 0 Å². The van der Waals surface area contributed by atoms with Crippen LogP contribution in [-0.4, -0.2) is 13.2 Å². The average molecular weight is 191 g/mol. The molecule has 1 aromatic carbocycles. The highest BCUT2D eigenvalue weighted by Gasteiger charge is 2.08. The summed E-state index contributed by atoms with van der Waals surface area (Å²) in [6.45, 7) is 4.27. The van der Waals surface area contributed by atoms with E-state index >= 15 is 0 Å². The zero-order valence-corrected chi connectivity index (χ0v) is 8.63. The molecule has 0 radical (unpaired) electrons. The van der Waals surface area contributed by atoms with Gasteiger partial charge in [0, 0.05) is 5.56 Å². The third kappa shape index (κ3) is 2.01. The fourth-order valence-corrected chi connectivity index (χ4v) is 1.44. The van der Waals surface area contributed by atoms with Crippen molar-refractivity contribution in [2.24, 2.45) is 4.99 Å². The van der Waals surface area contributed by atoms with Crippen LogP contribution in [0.2, 0.25) is 0 Å². The Kier molecular flexibility index (Phi) is 3.43. The minimum absolute atomic E-state index is 0.334. The van der Waals surface area contributed by atoms with Crippen LogP contribution in [0.4, 0.5) is 0 Å². The van der Waals surface area contributed by atoms with Gasteiger partial charge in [-0.1, -0.05) is 12.1 Å². The van der Waals surface area contributed by atoms with Gasteiger partial charge in [-0.15, -0.1) is 0 Å². The summed E-state index contributed by atoms with van der Waals surface area (Å²) in [6.07, 6.45) is 1.53. The van der Waals surface area contributed by atoms with E-state index in [0.29, 0.717) is 6.54 Å². The van der Waals surface area contributed by atoms with Gasteiger partial charge in [0.05, 0.1) is 13.7 Å². The van der Waals surface area contributed by atoms with Gasteiger partial charge < -0.3 is 4.74 Å². The number of aryl methyl sites for hydroxylation is 2. The van der Waals surface area contributed by atoms with Crippen molar-refractivity contribution in [2.75, 3.05) is 7.11 Å². The topological polar surface area (TPSA) is 38.7 Å². The Hall–Kier alpha value is -1.60. The summed E-state index contributed by atoms with van der Waals surface area (Å²) < 4.78 is 5.26. The molecular formula is C11H13NO2. The van der Waals surface area contributed by atoms with Crippen LogP contribution in [0.3, 0.4) is 0 Å². The maximum atomic E-state index is 10.0. The van der Waals surface area contributed by atoms with Crippen molar-refractivity contribution in [1.29, 1.82) is 0 Å². The number of carbonyl (C=O) groups excluding carboxylic acids is 1. The molecule has 1 aromatic rings. The molecule has 0 aliphatic rings. The van der Waals surface area contributed by atoms with Gasteiger partial charge in [0.15, 0.2) is 0 Å². The highest BCUT2D eigenvalue weighted by atomic mass is 16.5. The van der Waals surface area contributed by atoms with Crippen LogP contribution in [0.1, 0.15) is 16.7 Å². The maximum absolute atomic E-state index is 10.0. The van der Waals surface area contributed by atoms with E-state index in [-0.39, 0.29) is 0 Å². The highest BCUT2D eigenvalue weighted by Crippen LogP contribution is 2.26. The molecule has 3 heteroatoms. The number of isocyanates is 1. The first-order valence-electron chi connectivity index (χ1n) is 4.37. The van der Waals surface area contributed by atoms with E-state index in [1.54, 1.807) is 7.11 Å². The van der Waals surface area contributed by atoms with E-state index in [9.17, 15) is 4.79 Å². The lowest BCUT2D eigenvalue weighted by Gasteiger charge is -2.11. The van der Waals surface area contributed by atoms with Gasteiger partial charge in [-0.05, 0) is 25.0 Å². The second kappa shape index (κ2) is 4.58. The van der Waals surface area contributed by atoms with Crippen molar-refractivity contribution < 1.29 is 9.53 Å². The smallest absolute Gasteiger partial charge is 0.235 e. The quantitative estimate of drug-likeness (QED) is 0.542. The Morgan fingerprint density at radius 1 is 1.36 bits per heavy atom. The van der Waals surface area contributed by atoms with Crippen LogP contribution in [0, 0.1) is 13.8 Å². The Balaban J connectivity index is 3.21. The highest BCUT2D eigenvalue weighted by molar-refractivity contribution is 5.46. The van der Waals surface area contributed by atoms with E-state index in [0.717, 1.165) is 22.4 Å². The molecule has 0 saturated heterocycles. The first-order valence-corrected chi connectivity index (χ1v) is 4.37. The Labute approximate surface area is 83.4 Å². The molecule has 0 aromatic heterocycles. The summed E-state index contributed by atoms with van der Waals surface area (Å²) >= 11 is 0. The Morgan fingerprint density at radius 2 is 2.00 bits per heavy atom. The molecule has 1 rings (SSSR count). The molecule has 0 unspecified atom stereocenters. The minimum atomic E-state index is 0.334. The van der Waals surface area contributed by atoms with Gasteiger partial charge in [0.1, 0.15) is 5.75 Å². The molecule has 0 amide bonds. The predicted octanol–water partition coefficient (Wildman–Crippen LogP) is 2.15. The number of aliphatic imine (C=N–C) groups is 1. The van der Waals surface area contributed by atoms with Crippen molar-refractivity contribution in [2.45, 2.75) is 20.4 Å². The molecule has 0 fully saturated rings. The second-order valence-electron chi connectivity index (χ2n) is 3.12. The zero-order chi connectivity index (χ0) is 10.6. The fourth-order valence-electron chi connectivity index (χ4n) is 1.44. The molecule has 3 nitrogen and oxygen atoms in total. The number of hydrogen-bond acceptors (Lipinski definition) is 3. The van der Waals surface area contributed by atoms with E-state index < -0.39 is 0 Å². The van der Waals surface area contributed by atoms with Crippen LogP contribution in [-0.2, 0) is 11.3 Å². The van der Waals surface area contributed by atoms with Gasteiger partial charge in [-0.2, -0.15) is 0 Å². The van der Waals surface area contributed by atoms with Crippen LogP contribution < -0.4 is 4.74 Å². The minimum Gasteiger partial charge on any atom is -0.496 e. The number of nitrogens with zero attached hydrogens (tertiary/aromatic N) is 1. The standard InChI is InChI=1S/C11H13NO2/c1-8-4-5-9(2)11(14-3)10(8)6-12-7-13/h4-5H,6H2,1-3H3. The summed E-state index contributed by atoms with van der Waals surface area (Å²) in [5, 5.41) is 0. The maximum Gasteiger partial charge on any atom is 0.235 e. The lowest BCUT2D eigenvalue weighted by Crippen LogP contribution is -1.96.